The van der Waals surface area contributed by atoms with E-state index in [-0.39, 0.29) is 23.4 Å². The molecule has 3 aromatic carbocycles. The van der Waals surface area contributed by atoms with E-state index in [2.05, 4.69) is 39.8 Å². The van der Waals surface area contributed by atoms with Gasteiger partial charge in [-0.2, -0.15) is 0 Å². The van der Waals surface area contributed by atoms with Crippen molar-refractivity contribution in [2.45, 2.75) is 89.8 Å². The number of benzene rings is 3. The Hall–Kier alpha value is -3.80. The molecule has 1 aliphatic carbocycles. The third-order valence-electron chi connectivity index (χ3n) is 8.78. The molecule has 0 aromatic heterocycles. The zero-order chi connectivity index (χ0) is 29.1. The third-order valence-corrected chi connectivity index (χ3v) is 8.78. The van der Waals surface area contributed by atoms with E-state index in [1.54, 1.807) is 4.90 Å². The number of rotatable bonds is 9. The van der Waals surface area contributed by atoms with Crippen LogP contribution in [-0.4, -0.2) is 28.9 Å². The Bertz CT molecular complexity index is 1330. The normalized spacial score (nSPS) is 17.5. The van der Waals surface area contributed by atoms with Gasteiger partial charge in [-0.15, -0.1) is 0 Å². The number of urea groups is 1. The van der Waals surface area contributed by atoms with Crippen molar-refractivity contribution in [2.24, 2.45) is 5.73 Å². The van der Waals surface area contributed by atoms with Crippen molar-refractivity contribution in [1.82, 2.24) is 4.90 Å². The van der Waals surface area contributed by atoms with Gasteiger partial charge in [-0.25, -0.2) is 4.79 Å². The third kappa shape index (κ3) is 5.70. The molecule has 6 heteroatoms. The highest BCUT2D eigenvalue weighted by Gasteiger charge is 2.53. The number of primary amides is 1. The van der Waals surface area contributed by atoms with Crippen molar-refractivity contribution in [3.63, 3.8) is 0 Å². The van der Waals surface area contributed by atoms with Crippen LogP contribution >= 0.6 is 0 Å². The topological polar surface area (TPSA) is 75.9 Å². The number of nitrogens with two attached hydrogens (primary N) is 1. The maximum Gasteiger partial charge on any atom is 0.326 e. The van der Waals surface area contributed by atoms with E-state index >= 15 is 0 Å². The van der Waals surface area contributed by atoms with E-state index < -0.39 is 11.9 Å². The number of carbonyl (C=O) groups is 2. The summed E-state index contributed by atoms with van der Waals surface area (Å²) in [7, 11) is 0. The van der Waals surface area contributed by atoms with Gasteiger partial charge in [0.05, 0.1) is 5.54 Å². The minimum Gasteiger partial charge on any atom is -0.489 e. The molecule has 3 aromatic rings. The van der Waals surface area contributed by atoms with Crippen LogP contribution in [0.5, 0.6) is 5.75 Å². The molecule has 0 radical (unpaired) electrons. The molecule has 2 aliphatic rings. The van der Waals surface area contributed by atoms with Gasteiger partial charge in [-0.1, -0.05) is 95.5 Å². The minimum absolute atomic E-state index is 0.151. The number of hydrogen-bond acceptors (Lipinski definition) is 3. The summed E-state index contributed by atoms with van der Waals surface area (Å²) in [6.07, 6.45) is 5.06. The molecule has 41 heavy (non-hydrogen) atoms. The number of carbonyl (C=O) groups excluding carboxylic acids is 2. The second-order valence-electron chi connectivity index (χ2n) is 12.3. The van der Waals surface area contributed by atoms with E-state index in [1.807, 2.05) is 65.6 Å². The average Bonchev–Trinajstić information content (AvgIpc) is 3.23. The van der Waals surface area contributed by atoms with Crippen LogP contribution in [0.2, 0.25) is 0 Å². The second-order valence-corrected chi connectivity index (χ2v) is 12.3. The fourth-order valence-electron chi connectivity index (χ4n) is 6.77. The van der Waals surface area contributed by atoms with Crippen molar-refractivity contribution in [1.29, 1.82) is 0 Å². The van der Waals surface area contributed by atoms with E-state index in [9.17, 15) is 9.59 Å². The van der Waals surface area contributed by atoms with Crippen molar-refractivity contribution in [2.75, 3.05) is 11.4 Å². The van der Waals surface area contributed by atoms with Gasteiger partial charge in [-0.05, 0) is 71.2 Å². The Labute approximate surface area is 244 Å². The summed E-state index contributed by atoms with van der Waals surface area (Å²) in [5, 5.41) is 0. The Morgan fingerprint density at radius 2 is 1.46 bits per heavy atom. The van der Waals surface area contributed by atoms with Crippen LogP contribution in [0, 0.1) is 0 Å². The lowest BCUT2D eigenvalue weighted by Crippen LogP contribution is -2.48. The summed E-state index contributed by atoms with van der Waals surface area (Å²) >= 11 is 0. The summed E-state index contributed by atoms with van der Waals surface area (Å²) in [6, 6.07) is 23.1. The van der Waals surface area contributed by atoms with E-state index in [4.69, 9.17) is 10.5 Å². The summed E-state index contributed by atoms with van der Waals surface area (Å²) < 4.78 is 6.02. The smallest absolute Gasteiger partial charge is 0.326 e. The molecule has 0 bridgehead atoms. The van der Waals surface area contributed by atoms with Crippen molar-refractivity contribution in [3.05, 3.63) is 95.1 Å². The van der Waals surface area contributed by atoms with Crippen LogP contribution in [0.25, 0.3) is 0 Å². The average molecular weight is 554 g/mol. The van der Waals surface area contributed by atoms with Gasteiger partial charge < -0.3 is 15.4 Å². The minimum atomic E-state index is -0.823. The highest BCUT2D eigenvalue weighted by Crippen LogP contribution is 2.46. The quantitative estimate of drug-likeness (QED) is 0.295. The maximum absolute atomic E-state index is 14.5. The van der Waals surface area contributed by atoms with Crippen molar-refractivity contribution >= 4 is 17.6 Å². The molecule has 2 N–H and O–H groups in total. The van der Waals surface area contributed by atoms with Crippen LogP contribution in [0.1, 0.15) is 99.9 Å². The Balaban J connectivity index is 1.51. The maximum atomic E-state index is 14.5. The van der Waals surface area contributed by atoms with Gasteiger partial charge in [0.2, 0.25) is 5.91 Å². The first-order chi connectivity index (χ1) is 19.7. The number of hydrogen-bond donors (Lipinski definition) is 1. The molecular formula is C35H43N3O3. The van der Waals surface area contributed by atoms with Gasteiger partial charge >= 0.3 is 6.03 Å². The summed E-state index contributed by atoms with van der Waals surface area (Å²) in [5.74, 6) is 0.643. The lowest BCUT2D eigenvalue weighted by Gasteiger charge is -2.40. The zero-order valence-electron chi connectivity index (χ0n) is 24.8. The molecule has 5 rings (SSSR count). The second kappa shape index (κ2) is 12.0. The molecule has 1 atom stereocenters. The van der Waals surface area contributed by atoms with E-state index in [0.29, 0.717) is 13.2 Å². The first-order valence-electron chi connectivity index (χ1n) is 15.0. The highest BCUT2D eigenvalue weighted by atomic mass is 16.5. The number of amides is 3. The number of anilines is 1. The molecular weight excluding hydrogens is 510 g/mol. The highest BCUT2D eigenvalue weighted by molar-refractivity contribution is 5.99. The molecule has 216 valence electrons. The van der Waals surface area contributed by atoms with Crippen LogP contribution in [-0.2, 0) is 11.4 Å². The van der Waals surface area contributed by atoms with Gasteiger partial charge in [-0.3, -0.25) is 9.69 Å². The first-order valence-corrected chi connectivity index (χ1v) is 15.0. The van der Waals surface area contributed by atoms with Gasteiger partial charge in [0.15, 0.2) is 0 Å². The van der Waals surface area contributed by atoms with Crippen molar-refractivity contribution < 1.29 is 14.3 Å². The Kier molecular flexibility index (Phi) is 8.39. The van der Waals surface area contributed by atoms with Crippen LogP contribution < -0.4 is 15.4 Å². The van der Waals surface area contributed by atoms with Gasteiger partial charge in [0.1, 0.15) is 18.4 Å². The molecule has 1 aliphatic heterocycles. The number of ether oxygens (including phenoxy) is 1. The molecule has 2 fully saturated rings. The van der Waals surface area contributed by atoms with Crippen molar-refractivity contribution in [3.8, 4) is 5.75 Å². The van der Waals surface area contributed by atoms with Crippen LogP contribution in [0.15, 0.2) is 72.8 Å². The summed E-state index contributed by atoms with van der Waals surface area (Å²) in [5.41, 5.74) is 10.8. The lowest BCUT2D eigenvalue weighted by molar-refractivity contribution is -0.122. The molecule has 1 saturated carbocycles. The standard InChI is InChI=1S/C35H43N3O3/c1-24(2)29-14-11-15-30(25(3)4)31(29)32(33(36)39)37-23-35(20-9-6-10-21-35)38(34(37)40)27-16-18-28(19-17-27)41-22-26-12-7-5-8-13-26/h5,7-8,11-19,24-25,32H,6,9-10,20-23H2,1-4H3,(H2,36,39). The number of nitrogens with zero attached hydrogens (tertiary/aromatic N) is 2. The lowest BCUT2D eigenvalue weighted by atomic mass is 9.80. The fraction of sp³-hybridized carbons (Fsp3) is 0.429. The monoisotopic (exact) mass is 553 g/mol. The SMILES string of the molecule is CC(C)c1cccc(C(C)C)c1C(C(N)=O)N1CC2(CCCCC2)N(c2ccc(OCc3ccccc3)cc2)C1=O. The van der Waals surface area contributed by atoms with E-state index in [0.717, 1.165) is 65.8 Å². The Morgan fingerprint density at radius 3 is 2.02 bits per heavy atom. The van der Waals surface area contributed by atoms with Crippen LogP contribution in [0.4, 0.5) is 10.5 Å². The predicted molar refractivity (Wildman–Crippen MR) is 164 cm³/mol. The molecule has 1 spiro atoms. The summed E-state index contributed by atoms with van der Waals surface area (Å²) in [6.45, 7) is 9.47. The van der Waals surface area contributed by atoms with Crippen LogP contribution in [0.3, 0.4) is 0 Å². The molecule has 1 heterocycles. The fourth-order valence-corrected chi connectivity index (χ4v) is 6.77. The molecule has 1 unspecified atom stereocenters. The summed E-state index contributed by atoms with van der Waals surface area (Å²) in [4.78, 5) is 31.5. The zero-order valence-corrected chi connectivity index (χ0v) is 24.8. The molecule has 6 nitrogen and oxygen atoms in total. The first kappa shape index (κ1) is 28.7. The van der Waals surface area contributed by atoms with Gasteiger partial charge in [0, 0.05) is 12.2 Å². The predicted octanol–water partition coefficient (Wildman–Crippen LogP) is 7.68. The largest absolute Gasteiger partial charge is 0.489 e. The Morgan fingerprint density at radius 1 is 0.854 bits per heavy atom. The van der Waals surface area contributed by atoms with Gasteiger partial charge in [0.25, 0.3) is 0 Å². The molecule has 1 saturated heterocycles. The van der Waals surface area contributed by atoms with E-state index in [1.165, 1.54) is 0 Å². The molecule has 3 amide bonds.